The summed E-state index contributed by atoms with van der Waals surface area (Å²) in [7, 11) is 0. The van der Waals surface area contributed by atoms with Crippen LogP contribution in [0.5, 0.6) is 0 Å². The van der Waals surface area contributed by atoms with Gasteiger partial charge >= 0.3 is 0 Å². The van der Waals surface area contributed by atoms with Crippen LogP contribution in [0.3, 0.4) is 0 Å². The van der Waals surface area contributed by atoms with Gasteiger partial charge in [0.1, 0.15) is 5.84 Å². The molecule has 9 aromatic carbocycles. The first-order valence-corrected chi connectivity index (χ1v) is 19.1. The van der Waals surface area contributed by atoms with E-state index in [1.807, 2.05) is 0 Å². The van der Waals surface area contributed by atoms with Crippen molar-refractivity contribution in [3.63, 3.8) is 0 Å². The number of rotatable bonds is 6. The second-order valence-electron chi connectivity index (χ2n) is 15.3. The molecule has 0 aromatic heterocycles. The fourth-order valence-electron chi connectivity index (χ4n) is 8.88. The Kier molecular flexibility index (Phi) is 7.74. The van der Waals surface area contributed by atoms with Crippen molar-refractivity contribution in [2.75, 3.05) is 0 Å². The van der Waals surface area contributed by atoms with E-state index in [0.717, 1.165) is 39.4 Å². The molecule has 0 fully saturated rings. The number of benzene rings is 9. The molecular weight excluding hydrogens is 665 g/mol. The SMILES string of the molecule is CC1(C)c2cc(-c3ccc(/C(=C/Cc4ccc5ccccc5c4)N=C(N)c4cccc5ccccc45)c4ccccc34)ccc2-c2c1ccc1ccccc21. The number of fused-ring (bicyclic) bond motifs is 8. The molecule has 0 saturated heterocycles. The van der Waals surface area contributed by atoms with E-state index in [4.69, 9.17) is 10.7 Å². The smallest absolute Gasteiger partial charge is 0.131 e. The zero-order valence-electron chi connectivity index (χ0n) is 31.1. The van der Waals surface area contributed by atoms with Crippen molar-refractivity contribution in [1.29, 1.82) is 0 Å². The third kappa shape index (κ3) is 5.53. The lowest BCUT2D eigenvalue weighted by atomic mass is 9.81. The van der Waals surface area contributed by atoms with Crippen molar-refractivity contribution < 1.29 is 0 Å². The lowest BCUT2D eigenvalue weighted by Crippen LogP contribution is -2.15. The highest BCUT2D eigenvalue weighted by Crippen LogP contribution is 2.52. The zero-order chi connectivity index (χ0) is 37.1. The van der Waals surface area contributed by atoms with Crippen LogP contribution in [0.15, 0.2) is 187 Å². The van der Waals surface area contributed by atoms with Crippen LogP contribution in [0.1, 0.15) is 41.7 Å². The Bertz CT molecular complexity index is 3050. The minimum atomic E-state index is -0.118. The van der Waals surface area contributed by atoms with Crippen molar-refractivity contribution in [3.8, 4) is 22.3 Å². The molecule has 0 bridgehead atoms. The lowest BCUT2D eigenvalue weighted by Gasteiger charge is -2.22. The summed E-state index contributed by atoms with van der Waals surface area (Å²) in [5.74, 6) is 0.502. The van der Waals surface area contributed by atoms with Crippen LogP contribution in [-0.2, 0) is 11.8 Å². The van der Waals surface area contributed by atoms with Crippen LogP contribution >= 0.6 is 0 Å². The zero-order valence-corrected chi connectivity index (χ0v) is 31.1. The van der Waals surface area contributed by atoms with Crippen LogP contribution in [0.2, 0.25) is 0 Å². The van der Waals surface area contributed by atoms with E-state index in [1.54, 1.807) is 0 Å². The molecule has 1 aliphatic rings. The van der Waals surface area contributed by atoms with E-state index < -0.39 is 0 Å². The molecule has 10 rings (SSSR count). The van der Waals surface area contributed by atoms with Crippen LogP contribution < -0.4 is 5.73 Å². The number of amidine groups is 1. The molecule has 0 unspecified atom stereocenters. The molecule has 1 aliphatic carbocycles. The summed E-state index contributed by atoms with van der Waals surface area (Å²) in [6.45, 7) is 4.73. The van der Waals surface area contributed by atoms with E-state index in [0.29, 0.717) is 5.84 Å². The topological polar surface area (TPSA) is 38.4 Å². The van der Waals surface area contributed by atoms with E-state index in [2.05, 4.69) is 196 Å². The molecule has 2 N–H and O–H groups in total. The Hall–Kier alpha value is -6.77. The maximum atomic E-state index is 6.97. The number of hydrogen-bond donors (Lipinski definition) is 1. The Labute approximate surface area is 321 Å². The minimum Gasteiger partial charge on any atom is -0.383 e. The third-order valence-electron chi connectivity index (χ3n) is 11.7. The van der Waals surface area contributed by atoms with E-state index >= 15 is 0 Å². The van der Waals surface area contributed by atoms with Crippen LogP contribution in [0.4, 0.5) is 0 Å². The minimum absolute atomic E-state index is 0.118. The number of nitrogens with two attached hydrogens (primary N) is 1. The Morgan fingerprint density at radius 3 is 1.96 bits per heavy atom. The van der Waals surface area contributed by atoms with Gasteiger partial charge in [-0.05, 0) is 94.5 Å². The highest BCUT2D eigenvalue weighted by molar-refractivity contribution is 6.12. The second kappa shape index (κ2) is 13.0. The van der Waals surface area contributed by atoms with Crippen molar-refractivity contribution in [2.45, 2.75) is 25.7 Å². The Balaban J connectivity index is 1.11. The molecular formula is C53H40N2. The molecule has 9 aromatic rings. The first kappa shape index (κ1) is 32.8. The summed E-state index contributed by atoms with van der Waals surface area (Å²) in [6, 6.07) is 63.5. The number of nitrogens with zero attached hydrogens (tertiary/aromatic N) is 1. The average Bonchev–Trinajstić information content (AvgIpc) is 3.47. The molecule has 0 radical (unpaired) electrons. The van der Waals surface area contributed by atoms with E-state index in [9.17, 15) is 0 Å². The van der Waals surface area contributed by atoms with Gasteiger partial charge in [0.05, 0.1) is 5.70 Å². The highest BCUT2D eigenvalue weighted by atomic mass is 14.9. The summed E-state index contributed by atoms with van der Waals surface area (Å²) in [5, 5.41) is 9.64. The quantitative estimate of drug-likeness (QED) is 0.136. The maximum absolute atomic E-state index is 6.97. The highest BCUT2D eigenvalue weighted by Gasteiger charge is 2.36. The standard InChI is InChI=1S/C53H40N2/c1-53(2)48-30-26-37-14-6-8-18-42(37)51(48)47-27-25-39(33-49(47)53)41-28-29-45(44-20-10-9-19-43(41)44)50(31-23-34-22-24-35-12-3-4-15-38(35)32-34)55-52(54)46-21-11-16-36-13-5-7-17-40(36)46/h3-22,24-33H,23H2,1-2H3,(H2,54,55)/b50-31-. The molecule has 55 heavy (non-hydrogen) atoms. The first-order valence-electron chi connectivity index (χ1n) is 19.1. The average molecular weight is 705 g/mol. The summed E-state index contributed by atoms with van der Waals surface area (Å²) in [6.07, 6.45) is 2.96. The van der Waals surface area contributed by atoms with Gasteiger partial charge in [0.15, 0.2) is 0 Å². The van der Waals surface area contributed by atoms with Crippen molar-refractivity contribution >= 4 is 54.6 Å². The van der Waals surface area contributed by atoms with Crippen LogP contribution in [0, 0.1) is 0 Å². The predicted molar refractivity (Wildman–Crippen MR) is 235 cm³/mol. The van der Waals surface area contributed by atoms with E-state index in [1.165, 1.54) is 65.9 Å². The first-order chi connectivity index (χ1) is 26.9. The summed E-state index contributed by atoms with van der Waals surface area (Å²) >= 11 is 0. The van der Waals surface area contributed by atoms with Crippen molar-refractivity contribution in [3.05, 3.63) is 210 Å². The van der Waals surface area contributed by atoms with E-state index in [-0.39, 0.29) is 5.41 Å². The van der Waals surface area contributed by atoms with Crippen molar-refractivity contribution in [2.24, 2.45) is 10.7 Å². The van der Waals surface area contributed by atoms with Crippen LogP contribution in [-0.4, -0.2) is 5.84 Å². The number of aliphatic imine (C=N–C) groups is 1. The van der Waals surface area contributed by atoms with Gasteiger partial charge in [-0.15, -0.1) is 0 Å². The largest absolute Gasteiger partial charge is 0.383 e. The third-order valence-corrected chi connectivity index (χ3v) is 11.7. The van der Waals surface area contributed by atoms with Gasteiger partial charge in [-0.1, -0.05) is 190 Å². The number of allylic oxidation sites excluding steroid dienone is 1. The molecule has 2 nitrogen and oxygen atoms in total. The Morgan fingerprint density at radius 2 is 1.15 bits per heavy atom. The van der Waals surface area contributed by atoms with Crippen LogP contribution in [0.25, 0.3) is 71.0 Å². The normalized spacial score (nSPS) is 13.8. The second-order valence-corrected chi connectivity index (χ2v) is 15.3. The molecule has 0 spiro atoms. The molecule has 0 amide bonds. The van der Waals surface area contributed by atoms with Gasteiger partial charge in [-0.25, -0.2) is 4.99 Å². The predicted octanol–water partition coefficient (Wildman–Crippen LogP) is 13.3. The molecule has 2 heteroatoms. The van der Waals surface area contributed by atoms with Crippen molar-refractivity contribution in [1.82, 2.24) is 0 Å². The number of hydrogen-bond acceptors (Lipinski definition) is 1. The summed E-state index contributed by atoms with van der Waals surface area (Å²) in [4.78, 5) is 5.27. The van der Waals surface area contributed by atoms with Gasteiger partial charge in [0, 0.05) is 16.5 Å². The molecule has 0 saturated carbocycles. The maximum Gasteiger partial charge on any atom is 0.131 e. The monoisotopic (exact) mass is 704 g/mol. The summed E-state index contributed by atoms with van der Waals surface area (Å²) < 4.78 is 0. The fourth-order valence-corrected chi connectivity index (χ4v) is 8.88. The van der Waals surface area contributed by atoms with Gasteiger partial charge in [-0.3, -0.25) is 0 Å². The summed E-state index contributed by atoms with van der Waals surface area (Å²) in [5.41, 5.74) is 18.8. The van der Waals surface area contributed by atoms with Gasteiger partial charge in [-0.2, -0.15) is 0 Å². The lowest BCUT2D eigenvalue weighted by molar-refractivity contribution is 0.661. The molecule has 0 atom stereocenters. The fraction of sp³-hybridized carbons (Fsp3) is 0.0755. The van der Waals surface area contributed by atoms with Gasteiger partial charge in [0.25, 0.3) is 0 Å². The van der Waals surface area contributed by atoms with Gasteiger partial charge in [0.2, 0.25) is 0 Å². The van der Waals surface area contributed by atoms with Gasteiger partial charge < -0.3 is 5.73 Å². The molecule has 0 aliphatic heterocycles. The Morgan fingerprint density at radius 1 is 0.509 bits per heavy atom. The molecule has 262 valence electrons. The molecule has 0 heterocycles.